The number of aromatic nitrogens is 1. The third kappa shape index (κ3) is 0.362. The molecular weight excluding hydrogens is 116 g/mol. The van der Waals surface area contributed by atoms with Gasteiger partial charge in [-0.05, 0) is 12.1 Å². The van der Waals surface area contributed by atoms with Crippen molar-refractivity contribution in [3.8, 4) is 0 Å². The molecule has 3 heterocycles. The fourth-order valence-electron chi connectivity index (χ4n) is 1.34. The number of hydrogen-bond donors (Lipinski definition) is 0. The lowest BCUT2D eigenvalue weighted by molar-refractivity contribution is 0.155. The van der Waals surface area contributed by atoms with E-state index in [0.717, 1.165) is 6.67 Å². The van der Waals surface area contributed by atoms with Gasteiger partial charge in [-0.3, -0.25) is 4.84 Å². The fraction of sp³-hybridized carbons (Fsp3) is 0.333. The molecule has 2 aliphatic rings. The van der Waals surface area contributed by atoms with Crippen molar-refractivity contribution in [2.45, 2.75) is 12.9 Å². The van der Waals surface area contributed by atoms with Crippen LogP contribution in [0.3, 0.4) is 0 Å². The highest BCUT2D eigenvalue weighted by Crippen LogP contribution is 2.42. The van der Waals surface area contributed by atoms with Crippen LogP contribution >= 0.6 is 0 Å². The van der Waals surface area contributed by atoms with Crippen molar-refractivity contribution in [1.29, 1.82) is 0 Å². The predicted molar refractivity (Wildman–Crippen MR) is 30.1 cm³/mol. The number of nitrogens with zero attached hydrogens (tertiary/aromatic N) is 2. The van der Waals surface area contributed by atoms with E-state index in [0.29, 0.717) is 6.23 Å². The maximum atomic E-state index is 5.15. The van der Waals surface area contributed by atoms with Crippen molar-refractivity contribution in [2.75, 3.05) is 0 Å². The second-order valence-corrected chi connectivity index (χ2v) is 2.42. The summed E-state index contributed by atoms with van der Waals surface area (Å²) in [6.45, 7) is 0.910. The zero-order chi connectivity index (χ0) is 5.84. The molecule has 0 N–H and O–H groups in total. The van der Waals surface area contributed by atoms with Gasteiger partial charge in [0.25, 0.3) is 0 Å². The second-order valence-electron chi connectivity index (χ2n) is 2.42. The maximum absolute atomic E-state index is 5.15. The first-order valence-corrected chi connectivity index (χ1v) is 3.03. The molecule has 0 radical (unpaired) electrons. The molecule has 46 valence electrons. The van der Waals surface area contributed by atoms with E-state index in [1.165, 1.54) is 5.69 Å². The fourth-order valence-corrected chi connectivity index (χ4v) is 1.34. The van der Waals surface area contributed by atoms with E-state index < -0.39 is 0 Å². The summed E-state index contributed by atoms with van der Waals surface area (Å²) in [5, 5.41) is 1.95. The molecule has 0 aliphatic carbocycles. The van der Waals surface area contributed by atoms with Gasteiger partial charge in [0.05, 0.1) is 5.69 Å². The normalized spacial score (nSPS) is 36.0. The average molecular weight is 122 g/mol. The number of rotatable bonds is 0. The summed E-state index contributed by atoms with van der Waals surface area (Å²) in [7, 11) is 0. The average Bonchev–Trinajstić information content (AvgIpc) is 2.38. The summed E-state index contributed by atoms with van der Waals surface area (Å²) in [6, 6.07) is 4.14. The molecular formula is C6H6N2O. The van der Waals surface area contributed by atoms with E-state index >= 15 is 0 Å². The molecule has 0 aromatic carbocycles. The molecule has 2 atom stereocenters. The van der Waals surface area contributed by atoms with Crippen LogP contribution in [0.5, 0.6) is 0 Å². The molecule has 0 saturated carbocycles. The van der Waals surface area contributed by atoms with Gasteiger partial charge in [-0.2, -0.15) is 0 Å². The van der Waals surface area contributed by atoms with Crippen molar-refractivity contribution in [3.05, 3.63) is 24.0 Å². The van der Waals surface area contributed by atoms with Crippen molar-refractivity contribution in [3.63, 3.8) is 0 Å². The molecule has 1 aromatic heterocycles. The minimum Gasteiger partial charge on any atom is -0.332 e. The van der Waals surface area contributed by atoms with Crippen LogP contribution in [0.1, 0.15) is 11.9 Å². The van der Waals surface area contributed by atoms with E-state index in [2.05, 4.69) is 16.8 Å². The Bertz CT molecular complexity index is 255. The first kappa shape index (κ1) is 4.09. The largest absolute Gasteiger partial charge is 0.332 e. The van der Waals surface area contributed by atoms with Gasteiger partial charge in [0.15, 0.2) is 6.23 Å². The Balaban J connectivity index is 2.25. The lowest BCUT2D eigenvalue weighted by Crippen LogP contribution is -1.98. The van der Waals surface area contributed by atoms with Gasteiger partial charge in [-0.25, -0.2) is 0 Å². The summed E-state index contributed by atoms with van der Waals surface area (Å²) < 4.78 is 2.19. The van der Waals surface area contributed by atoms with E-state index in [1.807, 2.05) is 11.1 Å². The molecule has 0 spiro atoms. The van der Waals surface area contributed by atoms with Crippen LogP contribution in [0.2, 0.25) is 0 Å². The van der Waals surface area contributed by atoms with Gasteiger partial charge in [0.1, 0.15) is 6.67 Å². The van der Waals surface area contributed by atoms with Crippen molar-refractivity contribution >= 4 is 0 Å². The Kier molecular flexibility index (Phi) is 0.479. The summed E-state index contributed by atoms with van der Waals surface area (Å²) in [4.78, 5) is 5.15. The number of fused-ring (bicyclic) bond motifs is 3. The maximum Gasteiger partial charge on any atom is 0.196 e. The smallest absolute Gasteiger partial charge is 0.196 e. The first-order chi connectivity index (χ1) is 4.45. The lowest BCUT2D eigenvalue weighted by Gasteiger charge is -1.95. The van der Waals surface area contributed by atoms with Crippen LogP contribution in [0.15, 0.2) is 18.3 Å². The number of hydroxylamine groups is 2. The van der Waals surface area contributed by atoms with Crippen LogP contribution < -0.4 is 0 Å². The minimum absolute atomic E-state index is 0.292. The van der Waals surface area contributed by atoms with E-state index in [-0.39, 0.29) is 0 Å². The van der Waals surface area contributed by atoms with Gasteiger partial charge >= 0.3 is 0 Å². The molecule has 2 unspecified atom stereocenters. The quantitative estimate of drug-likeness (QED) is 0.472. The Morgan fingerprint density at radius 2 is 2.67 bits per heavy atom. The van der Waals surface area contributed by atoms with Gasteiger partial charge in [0.2, 0.25) is 0 Å². The Morgan fingerprint density at radius 3 is 3.56 bits per heavy atom. The molecule has 0 bridgehead atoms. The monoisotopic (exact) mass is 122 g/mol. The summed E-state index contributed by atoms with van der Waals surface area (Å²) >= 11 is 0. The van der Waals surface area contributed by atoms with Crippen LogP contribution in [0.25, 0.3) is 0 Å². The van der Waals surface area contributed by atoms with Crippen molar-refractivity contribution in [2.24, 2.45) is 0 Å². The van der Waals surface area contributed by atoms with E-state index in [4.69, 9.17) is 4.84 Å². The molecule has 1 fully saturated rings. The van der Waals surface area contributed by atoms with Gasteiger partial charge in [0, 0.05) is 6.20 Å². The Labute approximate surface area is 52.4 Å². The summed E-state index contributed by atoms with van der Waals surface area (Å²) in [5.41, 5.74) is 1.29. The second kappa shape index (κ2) is 1.05. The standard InChI is InChI=1S/C6H6N2O/c1-2-5-6-8(9-6)4-7(5)3-1/h1-3,6H,4H2. The van der Waals surface area contributed by atoms with Crippen LogP contribution in [0.4, 0.5) is 0 Å². The molecule has 1 saturated heterocycles. The lowest BCUT2D eigenvalue weighted by atomic mass is 10.4. The van der Waals surface area contributed by atoms with Gasteiger partial charge in [-0.1, -0.05) is 0 Å². The van der Waals surface area contributed by atoms with E-state index in [9.17, 15) is 0 Å². The van der Waals surface area contributed by atoms with Gasteiger partial charge in [-0.15, -0.1) is 5.06 Å². The SMILES string of the molecule is c1cc2n(c1)CN1OC21. The number of hydrogen-bond acceptors (Lipinski definition) is 2. The summed E-state index contributed by atoms with van der Waals surface area (Å²) in [5.74, 6) is 0. The Morgan fingerprint density at radius 1 is 1.67 bits per heavy atom. The third-order valence-corrected chi connectivity index (χ3v) is 1.86. The third-order valence-electron chi connectivity index (χ3n) is 1.86. The van der Waals surface area contributed by atoms with Crippen LogP contribution in [-0.4, -0.2) is 9.63 Å². The molecule has 0 amide bonds. The molecule has 2 aliphatic heterocycles. The zero-order valence-electron chi connectivity index (χ0n) is 4.82. The Hall–Kier alpha value is -0.800. The molecule has 9 heavy (non-hydrogen) atoms. The van der Waals surface area contributed by atoms with Crippen LogP contribution in [0, 0.1) is 0 Å². The van der Waals surface area contributed by atoms with Gasteiger partial charge < -0.3 is 4.57 Å². The topological polar surface area (TPSA) is 20.5 Å². The minimum atomic E-state index is 0.292. The van der Waals surface area contributed by atoms with Crippen molar-refractivity contribution < 1.29 is 4.84 Å². The molecule has 3 heteroatoms. The predicted octanol–water partition coefficient (Wildman–Crippen LogP) is 0.705. The van der Waals surface area contributed by atoms with E-state index in [1.54, 1.807) is 0 Å². The van der Waals surface area contributed by atoms with Crippen LogP contribution in [-0.2, 0) is 11.5 Å². The van der Waals surface area contributed by atoms with Crippen molar-refractivity contribution in [1.82, 2.24) is 9.63 Å². The molecule has 1 aromatic rings. The summed E-state index contributed by atoms with van der Waals surface area (Å²) in [6.07, 6.45) is 2.37. The molecule has 3 nitrogen and oxygen atoms in total. The zero-order valence-corrected chi connectivity index (χ0v) is 4.82. The first-order valence-electron chi connectivity index (χ1n) is 3.03. The highest BCUT2D eigenvalue weighted by Gasteiger charge is 2.45. The molecule has 3 rings (SSSR count). The highest BCUT2D eigenvalue weighted by molar-refractivity contribution is 5.15. The highest BCUT2D eigenvalue weighted by atomic mass is 16.8.